The number of halogens is 1. The predicted octanol–water partition coefficient (Wildman–Crippen LogP) is -1.28. The average Bonchev–Trinajstić information content (AvgIpc) is 2.04. The summed E-state index contributed by atoms with van der Waals surface area (Å²) in [7, 11) is 0. The van der Waals surface area contributed by atoms with E-state index in [0.717, 1.165) is 5.69 Å². The molecule has 0 aliphatic heterocycles. The van der Waals surface area contributed by atoms with E-state index in [-0.39, 0.29) is 24.0 Å². The van der Waals surface area contributed by atoms with Gasteiger partial charge in [-0.1, -0.05) is 24.3 Å². The summed E-state index contributed by atoms with van der Waals surface area (Å²) in [6, 6.07) is 14.5. The molecule has 0 amide bonds. The Bertz CT molecular complexity index is 384. The molecular weight excluding hydrogens is 261 g/mol. The maximum atomic E-state index is 3.87. The lowest BCUT2D eigenvalue weighted by atomic mass is 10.1. The number of fused-ring (bicyclic) bond motifs is 1. The fraction of sp³-hybridized carbons (Fsp3) is 0. The monoisotopic (exact) mass is 271 g/mol. The molecule has 0 fully saturated rings. The molecule has 0 aliphatic rings. The van der Waals surface area contributed by atoms with Crippen LogP contribution in [0, 0.1) is 0 Å². The van der Waals surface area contributed by atoms with Gasteiger partial charge in [0.05, 0.1) is 0 Å². The highest BCUT2D eigenvalue weighted by Gasteiger charge is 1.92. The fourth-order valence-corrected chi connectivity index (χ4v) is 1.24. The molecule has 2 rings (SSSR count). The summed E-state index contributed by atoms with van der Waals surface area (Å²) < 4.78 is 0. The van der Waals surface area contributed by atoms with Crippen LogP contribution in [0.3, 0.4) is 0 Å². The van der Waals surface area contributed by atoms with E-state index in [1.807, 2.05) is 18.2 Å². The van der Waals surface area contributed by atoms with E-state index in [1.165, 1.54) is 10.8 Å². The van der Waals surface area contributed by atoms with Crippen molar-refractivity contribution in [1.29, 1.82) is 0 Å². The molecule has 12 heavy (non-hydrogen) atoms. The Kier molecular flexibility index (Phi) is 3.05. The lowest BCUT2D eigenvalue weighted by molar-refractivity contribution is -0.254. The van der Waals surface area contributed by atoms with Crippen molar-refractivity contribution in [1.82, 2.24) is 0 Å². The molecule has 0 unspecified atom stereocenters. The third-order valence-electron chi connectivity index (χ3n) is 1.81. The standard InChI is InChI=1S/C10H9N.HI/c11-10-6-5-8-3-1-2-4-9(8)7-10;/h1-7H,11H2;1H. The van der Waals surface area contributed by atoms with Crippen LogP contribution in [0.1, 0.15) is 0 Å². The minimum Gasteiger partial charge on any atom is -1.00 e. The molecule has 2 heteroatoms. The van der Waals surface area contributed by atoms with Gasteiger partial charge < -0.3 is 29.7 Å². The highest BCUT2D eigenvalue weighted by molar-refractivity contribution is 5.84. The van der Waals surface area contributed by atoms with E-state index >= 15 is 0 Å². The van der Waals surface area contributed by atoms with E-state index in [2.05, 4.69) is 30.0 Å². The first-order valence-electron chi connectivity index (χ1n) is 3.67. The zero-order valence-corrected chi connectivity index (χ0v) is 8.78. The molecule has 62 valence electrons. The Morgan fingerprint density at radius 1 is 0.833 bits per heavy atom. The summed E-state index contributed by atoms with van der Waals surface area (Å²) in [5.74, 6) is 0. The normalized spacial score (nSPS) is 9.42. The quantitative estimate of drug-likeness (QED) is 0.578. The number of hydrogen-bond donors (Lipinski definition) is 1. The van der Waals surface area contributed by atoms with Crippen molar-refractivity contribution in [2.45, 2.75) is 0 Å². The summed E-state index contributed by atoms with van der Waals surface area (Å²) in [6.45, 7) is 0. The van der Waals surface area contributed by atoms with Crippen molar-refractivity contribution >= 4 is 16.5 Å². The van der Waals surface area contributed by atoms with Gasteiger partial charge in [-0.2, -0.15) is 0 Å². The first-order chi connectivity index (χ1) is 5.36. The van der Waals surface area contributed by atoms with Crippen molar-refractivity contribution in [3.63, 3.8) is 0 Å². The van der Waals surface area contributed by atoms with Crippen LogP contribution in [0.25, 0.3) is 10.8 Å². The lowest BCUT2D eigenvalue weighted by Crippen LogP contribution is -3.00. The van der Waals surface area contributed by atoms with E-state index in [0.29, 0.717) is 0 Å². The van der Waals surface area contributed by atoms with Gasteiger partial charge in [0.2, 0.25) is 0 Å². The highest BCUT2D eigenvalue weighted by Crippen LogP contribution is 2.15. The van der Waals surface area contributed by atoms with Crippen LogP contribution in [-0.2, 0) is 0 Å². The van der Waals surface area contributed by atoms with Crippen LogP contribution >= 0.6 is 0 Å². The fourth-order valence-electron chi connectivity index (χ4n) is 1.24. The number of rotatable bonds is 0. The molecule has 0 spiro atoms. The second kappa shape index (κ2) is 3.87. The molecule has 0 radical (unpaired) electrons. The molecule has 0 atom stereocenters. The Morgan fingerprint density at radius 3 is 2.25 bits per heavy atom. The maximum Gasteiger partial charge on any atom is 0.128 e. The van der Waals surface area contributed by atoms with Crippen molar-refractivity contribution in [3.8, 4) is 0 Å². The van der Waals surface area contributed by atoms with Gasteiger partial charge in [0.25, 0.3) is 0 Å². The zero-order valence-electron chi connectivity index (χ0n) is 6.63. The first-order valence-corrected chi connectivity index (χ1v) is 3.67. The average molecular weight is 271 g/mol. The van der Waals surface area contributed by atoms with Gasteiger partial charge in [0.1, 0.15) is 5.69 Å². The number of hydrogen-bond acceptors (Lipinski definition) is 0. The summed E-state index contributed by atoms with van der Waals surface area (Å²) in [4.78, 5) is 0. The van der Waals surface area contributed by atoms with Gasteiger partial charge in [-0.05, 0) is 22.9 Å². The smallest absolute Gasteiger partial charge is 0.128 e. The third-order valence-corrected chi connectivity index (χ3v) is 1.81. The van der Waals surface area contributed by atoms with Gasteiger partial charge in [-0.25, -0.2) is 0 Å². The van der Waals surface area contributed by atoms with Crippen LogP contribution in [0.15, 0.2) is 42.5 Å². The lowest BCUT2D eigenvalue weighted by Gasteiger charge is -1.94. The van der Waals surface area contributed by atoms with E-state index in [9.17, 15) is 0 Å². The SMILES string of the molecule is [I-].[NH3+]c1ccc2ccccc2c1. The second-order valence-corrected chi connectivity index (χ2v) is 2.68. The number of benzene rings is 2. The minimum atomic E-state index is 0. The first kappa shape index (κ1) is 9.48. The molecule has 0 heterocycles. The topological polar surface area (TPSA) is 27.6 Å². The largest absolute Gasteiger partial charge is 1.00 e. The third kappa shape index (κ3) is 1.76. The summed E-state index contributed by atoms with van der Waals surface area (Å²) >= 11 is 0. The summed E-state index contributed by atoms with van der Waals surface area (Å²) in [6.07, 6.45) is 0. The van der Waals surface area contributed by atoms with Crippen LogP contribution < -0.4 is 29.7 Å². The summed E-state index contributed by atoms with van der Waals surface area (Å²) in [5.41, 5.74) is 4.94. The molecule has 0 aliphatic carbocycles. The van der Waals surface area contributed by atoms with Gasteiger partial charge in [0, 0.05) is 6.07 Å². The van der Waals surface area contributed by atoms with Crippen molar-refractivity contribution in [3.05, 3.63) is 42.5 Å². The summed E-state index contributed by atoms with van der Waals surface area (Å²) in [5, 5.41) is 2.54. The van der Waals surface area contributed by atoms with Crippen LogP contribution in [-0.4, -0.2) is 0 Å². The Hall–Kier alpha value is -0.610. The second-order valence-electron chi connectivity index (χ2n) is 2.68. The van der Waals surface area contributed by atoms with Gasteiger partial charge >= 0.3 is 0 Å². The minimum absolute atomic E-state index is 0. The number of quaternary nitrogens is 1. The zero-order chi connectivity index (χ0) is 7.68. The molecule has 0 aromatic heterocycles. The predicted molar refractivity (Wildman–Crippen MR) is 46.5 cm³/mol. The van der Waals surface area contributed by atoms with E-state index < -0.39 is 0 Å². The molecule has 3 N–H and O–H groups in total. The van der Waals surface area contributed by atoms with Crippen LogP contribution in [0.4, 0.5) is 5.69 Å². The maximum absolute atomic E-state index is 3.87. The molecule has 2 aromatic carbocycles. The molecule has 1 nitrogen and oxygen atoms in total. The van der Waals surface area contributed by atoms with Crippen LogP contribution in [0.5, 0.6) is 0 Å². The highest BCUT2D eigenvalue weighted by atomic mass is 127. The van der Waals surface area contributed by atoms with Crippen molar-refractivity contribution in [2.24, 2.45) is 0 Å². The van der Waals surface area contributed by atoms with Crippen molar-refractivity contribution < 1.29 is 29.7 Å². The molecule has 0 bridgehead atoms. The van der Waals surface area contributed by atoms with Crippen LogP contribution in [0.2, 0.25) is 0 Å². The Labute approximate surface area is 88.6 Å². The Balaban J connectivity index is 0.000000720. The van der Waals surface area contributed by atoms with Gasteiger partial charge in [-0.15, -0.1) is 0 Å². The molecule has 2 aromatic rings. The van der Waals surface area contributed by atoms with Crippen molar-refractivity contribution in [2.75, 3.05) is 0 Å². The Morgan fingerprint density at radius 2 is 1.50 bits per heavy atom. The van der Waals surface area contributed by atoms with Gasteiger partial charge in [-0.3, -0.25) is 0 Å². The van der Waals surface area contributed by atoms with Gasteiger partial charge in [0.15, 0.2) is 0 Å². The molecule has 0 saturated carbocycles. The molecule has 0 saturated heterocycles. The molecular formula is C10H10IN. The van der Waals surface area contributed by atoms with E-state index in [4.69, 9.17) is 0 Å². The van der Waals surface area contributed by atoms with E-state index in [1.54, 1.807) is 0 Å².